The second kappa shape index (κ2) is 4.24. The molecule has 78 valence electrons. The minimum Gasteiger partial charge on any atom is -0.316 e. The summed E-state index contributed by atoms with van der Waals surface area (Å²) in [7, 11) is 1.65. The second-order valence-corrected chi connectivity index (χ2v) is 3.76. The van der Waals surface area contributed by atoms with Gasteiger partial charge in [-0.25, -0.2) is 8.78 Å². The van der Waals surface area contributed by atoms with E-state index >= 15 is 0 Å². The van der Waals surface area contributed by atoms with Crippen LogP contribution in [0.2, 0.25) is 5.02 Å². The summed E-state index contributed by atoms with van der Waals surface area (Å²) in [4.78, 5) is 0. The summed E-state index contributed by atoms with van der Waals surface area (Å²) in [5.74, 6) is -0.459. The third kappa shape index (κ3) is 2.42. The van der Waals surface area contributed by atoms with Gasteiger partial charge in [0.05, 0.1) is 0 Å². The van der Waals surface area contributed by atoms with Crippen molar-refractivity contribution in [3.05, 3.63) is 34.6 Å². The molecule has 1 atom stereocenters. The lowest BCUT2D eigenvalue weighted by Crippen LogP contribution is -2.29. The number of hydrogen-bond donors (Lipinski definition) is 1. The molecular formula is C10H12ClF2N. The fourth-order valence-electron chi connectivity index (χ4n) is 1.34. The number of benzene rings is 1. The van der Waals surface area contributed by atoms with Gasteiger partial charge in [-0.1, -0.05) is 17.7 Å². The third-order valence-corrected chi connectivity index (χ3v) is 2.31. The van der Waals surface area contributed by atoms with E-state index in [1.54, 1.807) is 7.05 Å². The Bertz CT molecular complexity index is 326. The van der Waals surface area contributed by atoms with Gasteiger partial charge < -0.3 is 5.32 Å². The van der Waals surface area contributed by atoms with E-state index in [0.717, 1.165) is 6.07 Å². The maximum Gasteiger partial charge on any atom is 0.147 e. The van der Waals surface area contributed by atoms with E-state index in [4.69, 9.17) is 11.6 Å². The van der Waals surface area contributed by atoms with Crippen molar-refractivity contribution in [1.82, 2.24) is 5.32 Å². The number of likely N-dealkylation sites (N-methyl/N-ethyl adjacent to an activating group) is 1. The first-order chi connectivity index (χ1) is 6.47. The van der Waals surface area contributed by atoms with Gasteiger partial charge in [0.1, 0.15) is 11.5 Å². The molecule has 0 aliphatic rings. The summed E-state index contributed by atoms with van der Waals surface area (Å²) in [6.07, 6.45) is 0. The number of alkyl halides is 1. The molecule has 0 fully saturated rings. The molecule has 1 unspecified atom stereocenters. The number of nitrogens with one attached hydrogen (secondary N) is 1. The van der Waals surface area contributed by atoms with Crippen molar-refractivity contribution in [3.63, 3.8) is 0 Å². The first-order valence-corrected chi connectivity index (χ1v) is 4.64. The van der Waals surface area contributed by atoms with Crippen LogP contribution in [0.4, 0.5) is 8.78 Å². The van der Waals surface area contributed by atoms with Gasteiger partial charge in [0.2, 0.25) is 0 Å². The van der Waals surface area contributed by atoms with Gasteiger partial charge in [0.15, 0.2) is 0 Å². The first-order valence-electron chi connectivity index (χ1n) is 4.26. The van der Waals surface area contributed by atoms with Crippen molar-refractivity contribution in [2.45, 2.75) is 12.6 Å². The van der Waals surface area contributed by atoms with Crippen LogP contribution in [0, 0.1) is 5.82 Å². The minimum absolute atomic E-state index is 0.116. The van der Waals surface area contributed by atoms with Gasteiger partial charge in [-0.05, 0) is 26.1 Å². The van der Waals surface area contributed by atoms with Crippen LogP contribution in [-0.2, 0) is 5.67 Å². The summed E-state index contributed by atoms with van der Waals surface area (Å²) in [5, 5.41) is 2.84. The number of halogens is 3. The van der Waals surface area contributed by atoms with E-state index in [1.165, 1.54) is 19.1 Å². The van der Waals surface area contributed by atoms with Crippen LogP contribution < -0.4 is 5.32 Å². The summed E-state index contributed by atoms with van der Waals surface area (Å²) in [5.41, 5.74) is -1.28. The highest BCUT2D eigenvalue weighted by Gasteiger charge is 2.27. The average molecular weight is 220 g/mol. The Morgan fingerprint density at radius 2 is 2.14 bits per heavy atom. The van der Waals surface area contributed by atoms with Crippen LogP contribution >= 0.6 is 11.6 Å². The van der Waals surface area contributed by atoms with Crippen molar-refractivity contribution < 1.29 is 8.78 Å². The Balaban J connectivity index is 3.06. The largest absolute Gasteiger partial charge is 0.316 e. The molecule has 0 bridgehead atoms. The van der Waals surface area contributed by atoms with E-state index < -0.39 is 11.5 Å². The Morgan fingerprint density at radius 1 is 1.50 bits per heavy atom. The average Bonchev–Trinajstić information content (AvgIpc) is 2.02. The minimum atomic E-state index is -1.58. The molecule has 1 rings (SSSR count). The van der Waals surface area contributed by atoms with E-state index in [1.807, 2.05) is 0 Å². The van der Waals surface area contributed by atoms with Gasteiger partial charge in [-0.15, -0.1) is 0 Å². The molecular weight excluding hydrogens is 208 g/mol. The monoisotopic (exact) mass is 219 g/mol. The Kier molecular flexibility index (Phi) is 3.45. The summed E-state index contributed by atoms with van der Waals surface area (Å²) in [6.45, 7) is 1.54. The quantitative estimate of drug-likeness (QED) is 0.825. The fraction of sp³-hybridized carbons (Fsp3) is 0.400. The van der Waals surface area contributed by atoms with Crippen LogP contribution in [-0.4, -0.2) is 13.6 Å². The van der Waals surface area contributed by atoms with E-state index in [-0.39, 0.29) is 11.6 Å². The van der Waals surface area contributed by atoms with Crippen LogP contribution in [0.1, 0.15) is 12.5 Å². The van der Waals surface area contributed by atoms with Crippen molar-refractivity contribution in [1.29, 1.82) is 0 Å². The van der Waals surface area contributed by atoms with Gasteiger partial charge in [-0.3, -0.25) is 0 Å². The summed E-state index contributed by atoms with van der Waals surface area (Å²) < 4.78 is 26.6. The van der Waals surface area contributed by atoms with Crippen LogP contribution in [0.5, 0.6) is 0 Å². The maximum absolute atomic E-state index is 13.9. The molecule has 0 saturated carbocycles. The molecule has 14 heavy (non-hydrogen) atoms. The molecule has 1 N–H and O–H groups in total. The van der Waals surface area contributed by atoms with E-state index in [9.17, 15) is 8.78 Å². The zero-order chi connectivity index (χ0) is 10.8. The molecule has 0 heterocycles. The molecule has 0 radical (unpaired) electrons. The molecule has 0 amide bonds. The molecule has 0 aromatic heterocycles. The standard InChI is InChI=1S/C10H12ClF2N/c1-10(13,6-14-2)8-4-3-7(12)5-9(8)11/h3-5,14H,6H2,1-2H3. The lowest BCUT2D eigenvalue weighted by molar-refractivity contribution is 0.191. The lowest BCUT2D eigenvalue weighted by Gasteiger charge is -2.21. The highest BCUT2D eigenvalue weighted by atomic mass is 35.5. The van der Waals surface area contributed by atoms with Gasteiger partial charge >= 0.3 is 0 Å². The van der Waals surface area contributed by atoms with Gasteiger partial charge in [0.25, 0.3) is 0 Å². The van der Waals surface area contributed by atoms with E-state index in [2.05, 4.69) is 5.32 Å². The third-order valence-electron chi connectivity index (χ3n) is 2.00. The fourth-order valence-corrected chi connectivity index (χ4v) is 1.70. The Hall–Kier alpha value is -0.670. The molecule has 1 aromatic carbocycles. The molecule has 1 aromatic rings. The normalized spacial score (nSPS) is 15.2. The van der Waals surface area contributed by atoms with Crippen LogP contribution in [0.3, 0.4) is 0 Å². The van der Waals surface area contributed by atoms with Crippen molar-refractivity contribution in [2.24, 2.45) is 0 Å². The topological polar surface area (TPSA) is 12.0 Å². The Labute approximate surface area is 87.1 Å². The van der Waals surface area contributed by atoms with Gasteiger partial charge in [0, 0.05) is 17.1 Å². The zero-order valence-corrected chi connectivity index (χ0v) is 8.83. The highest BCUT2D eigenvalue weighted by Crippen LogP contribution is 2.31. The number of hydrogen-bond acceptors (Lipinski definition) is 1. The van der Waals surface area contributed by atoms with Crippen LogP contribution in [0.25, 0.3) is 0 Å². The molecule has 1 nitrogen and oxygen atoms in total. The smallest absolute Gasteiger partial charge is 0.147 e. The molecule has 0 aliphatic carbocycles. The summed E-state index contributed by atoms with van der Waals surface area (Å²) >= 11 is 5.74. The SMILES string of the molecule is CNCC(C)(F)c1ccc(F)cc1Cl. The lowest BCUT2D eigenvalue weighted by atomic mass is 9.98. The van der Waals surface area contributed by atoms with Crippen molar-refractivity contribution in [3.8, 4) is 0 Å². The zero-order valence-electron chi connectivity index (χ0n) is 8.07. The maximum atomic E-state index is 13.9. The highest BCUT2D eigenvalue weighted by molar-refractivity contribution is 6.31. The predicted octanol–water partition coefficient (Wildman–Crippen LogP) is 2.88. The number of rotatable bonds is 3. The van der Waals surface area contributed by atoms with E-state index in [0.29, 0.717) is 5.56 Å². The van der Waals surface area contributed by atoms with Crippen molar-refractivity contribution >= 4 is 11.6 Å². The second-order valence-electron chi connectivity index (χ2n) is 3.35. The predicted molar refractivity (Wildman–Crippen MR) is 53.8 cm³/mol. The molecule has 4 heteroatoms. The Morgan fingerprint density at radius 3 is 2.64 bits per heavy atom. The molecule has 0 aliphatic heterocycles. The summed E-state index contributed by atoms with van der Waals surface area (Å²) in [6, 6.07) is 3.69. The van der Waals surface area contributed by atoms with Gasteiger partial charge in [-0.2, -0.15) is 0 Å². The molecule has 0 spiro atoms. The van der Waals surface area contributed by atoms with Crippen LogP contribution in [0.15, 0.2) is 18.2 Å². The van der Waals surface area contributed by atoms with Crippen molar-refractivity contribution in [2.75, 3.05) is 13.6 Å². The first kappa shape index (κ1) is 11.4. The molecule has 0 saturated heterocycles.